The van der Waals surface area contributed by atoms with E-state index in [1.807, 2.05) is 26.0 Å². The van der Waals surface area contributed by atoms with E-state index in [-0.39, 0.29) is 6.04 Å². The van der Waals surface area contributed by atoms with Crippen LogP contribution < -0.4 is 5.32 Å². The fourth-order valence-corrected chi connectivity index (χ4v) is 2.81. The minimum absolute atomic E-state index is 0.250. The predicted molar refractivity (Wildman–Crippen MR) is 77.3 cm³/mol. The standard InChI is InChI=1S/C16H25NO2/c1-3-16(19,4-2)11-17-15-7-5-6-12-8-9-13(18)10-14(12)15/h8-10,15,17-19H,3-7,11H2,1-2H3. The first-order chi connectivity index (χ1) is 9.08. The van der Waals surface area contributed by atoms with Crippen molar-refractivity contribution in [3.63, 3.8) is 0 Å². The zero-order chi connectivity index (χ0) is 13.9. The van der Waals surface area contributed by atoms with Gasteiger partial charge in [-0.3, -0.25) is 0 Å². The maximum Gasteiger partial charge on any atom is 0.115 e. The monoisotopic (exact) mass is 263 g/mol. The lowest BCUT2D eigenvalue weighted by Crippen LogP contribution is -2.41. The maximum atomic E-state index is 10.4. The number of aliphatic hydroxyl groups is 1. The van der Waals surface area contributed by atoms with E-state index in [9.17, 15) is 10.2 Å². The van der Waals surface area contributed by atoms with E-state index in [0.717, 1.165) is 32.1 Å². The third-order valence-corrected chi connectivity index (χ3v) is 4.44. The van der Waals surface area contributed by atoms with Crippen LogP contribution in [-0.2, 0) is 6.42 Å². The molecule has 0 heterocycles. The fraction of sp³-hybridized carbons (Fsp3) is 0.625. The molecule has 0 amide bonds. The van der Waals surface area contributed by atoms with Gasteiger partial charge in [-0.1, -0.05) is 19.9 Å². The van der Waals surface area contributed by atoms with Gasteiger partial charge in [-0.2, -0.15) is 0 Å². The van der Waals surface area contributed by atoms with Crippen molar-refractivity contribution in [3.05, 3.63) is 29.3 Å². The lowest BCUT2D eigenvalue weighted by atomic mass is 9.86. The molecule has 0 fully saturated rings. The van der Waals surface area contributed by atoms with Crippen LogP contribution in [0.15, 0.2) is 18.2 Å². The highest BCUT2D eigenvalue weighted by Gasteiger charge is 2.26. The lowest BCUT2D eigenvalue weighted by molar-refractivity contribution is 0.0292. The Morgan fingerprint density at radius 2 is 2.05 bits per heavy atom. The zero-order valence-electron chi connectivity index (χ0n) is 11.9. The first-order valence-corrected chi connectivity index (χ1v) is 7.35. The second kappa shape index (κ2) is 5.93. The highest BCUT2D eigenvalue weighted by molar-refractivity contribution is 5.38. The Bertz CT molecular complexity index is 427. The van der Waals surface area contributed by atoms with Crippen LogP contribution in [0.4, 0.5) is 0 Å². The van der Waals surface area contributed by atoms with Gasteiger partial charge in [-0.25, -0.2) is 0 Å². The molecule has 19 heavy (non-hydrogen) atoms. The fourth-order valence-electron chi connectivity index (χ4n) is 2.81. The average Bonchev–Trinajstić information content (AvgIpc) is 2.44. The van der Waals surface area contributed by atoms with Gasteiger partial charge < -0.3 is 15.5 Å². The topological polar surface area (TPSA) is 52.5 Å². The summed E-state index contributed by atoms with van der Waals surface area (Å²) < 4.78 is 0. The molecule has 1 aromatic carbocycles. The van der Waals surface area contributed by atoms with Gasteiger partial charge in [0.2, 0.25) is 0 Å². The summed E-state index contributed by atoms with van der Waals surface area (Å²) in [5, 5.41) is 23.5. The number of benzene rings is 1. The van der Waals surface area contributed by atoms with E-state index in [1.54, 1.807) is 6.07 Å². The van der Waals surface area contributed by atoms with Crippen molar-refractivity contribution in [1.82, 2.24) is 5.32 Å². The summed E-state index contributed by atoms with van der Waals surface area (Å²) in [4.78, 5) is 0. The largest absolute Gasteiger partial charge is 0.508 e. The van der Waals surface area contributed by atoms with E-state index in [2.05, 4.69) is 5.32 Å². The summed E-state index contributed by atoms with van der Waals surface area (Å²) >= 11 is 0. The maximum absolute atomic E-state index is 10.4. The Kier molecular flexibility index (Phi) is 4.48. The van der Waals surface area contributed by atoms with Gasteiger partial charge in [0.15, 0.2) is 0 Å². The molecule has 3 nitrogen and oxygen atoms in total. The third-order valence-electron chi connectivity index (χ3n) is 4.44. The van der Waals surface area contributed by atoms with Crippen molar-refractivity contribution < 1.29 is 10.2 Å². The van der Waals surface area contributed by atoms with Gasteiger partial charge in [0, 0.05) is 12.6 Å². The van der Waals surface area contributed by atoms with Crippen LogP contribution in [0.25, 0.3) is 0 Å². The summed E-state index contributed by atoms with van der Waals surface area (Å²) in [5.74, 6) is 0.327. The number of phenols is 1. The minimum Gasteiger partial charge on any atom is -0.508 e. The van der Waals surface area contributed by atoms with Crippen LogP contribution in [0.5, 0.6) is 5.75 Å². The zero-order valence-corrected chi connectivity index (χ0v) is 11.9. The molecule has 0 aliphatic heterocycles. The highest BCUT2D eigenvalue weighted by Crippen LogP contribution is 2.32. The van der Waals surface area contributed by atoms with Crippen molar-refractivity contribution in [1.29, 1.82) is 0 Å². The number of phenolic OH excluding ortho intramolecular Hbond substituents is 1. The molecule has 1 unspecified atom stereocenters. The van der Waals surface area contributed by atoms with Gasteiger partial charge in [-0.15, -0.1) is 0 Å². The molecule has 0 bridgehead atoms. The SMILES string of the molecule is CCC(O)(CC)CNC1CCCc2ccc(O)cc21. The first-order valence-electron chi connectivity index (χ1n) is 7.35. The number of hydrogen-bond donors (Lipinski definition) is 3. The van der Waals surface area contributed by atoms with Gasteiger partial charge >= 0.3 is 0 Å². The van der Waals surface area contributed by atoms with Crippen LogP contribution in [0.3, 0.4) is 0 Å². The van der Waals surface area contributed by atoms with Crippen LogP contribution in [0.1, 0.15) is 56.7 Å². The molecule has 0 saturated heterocycles. The minimum atomic E-state index is -0.617. The van der Waals surface area contributed by atoms with Gasteiger partial charge in [-0.05, 0) is 55.4 Å². The van der Waals surface area contributed by atoms with E-state index in [4.69, 9.17) is 0 Å². The number of hydrogen-bond acceptors (Lipinski definition) is 3. The van der Waals surface area contributed by atoms with Crippen LogP contribution in [0, 0.1) is 0 Å². The molecule has 0 aromatic heterocycles. The van der Waals surface area contributed by atoms with Crippen LogP contribution in [-0.4, -0.2) is 22.4 Å². The lowest BCUT2D eigenvalue weighted by Gasteiger charge is -2.32. The molecule has 3 heteroatoms. The van der Waals surface area contributed by atoms with Crippen molar-refractivity contribution >= 4 is 0 Å². The van der Waals surface area contributed by atoms with E-state index in [0.29, 0.717) is 12.3 Å². The molecular formula is C16H25NO2. The molecule has 0 saturated carbocycles. The van der Waals surface area contributed by atoms with Gasteiger partial charge in [0.25, 0.3) is 0 Å². The Morgan fingerprint density at radius 3 is 2.74 bits per heavy atom. The number of aromatic hydroxyl groups is 1. The van der Waals surface area contributed by atoms with E-state index < -0.39 is 5.60 Å². The number of fused-ring (bicyclic) bond motifs is 1. The van der Waals surface area contributed by atoms with E-state index >= 15 is 0 Å². The molecule has 1 atom stereocenters. The Hall–Kier alpha value is -1.06. The summed E-state index contributed by atoms with van der Waals surface area (Å²) in [5.41, 5.74) is 1.90. The van der Waals surface area contributed by atoms with Crippen molar-refractivity contribution in [2.24, 2.45) is 0 Å². The molecule has 1 aliphatic rings. The van der Waals surface area contributed by atoms with Crippen LogP contribution in [0.2, 0.25) is 0 Å². The molecule has 1 aromatic rings. The smallest absolute Gasteiger partial charge is 0.115 e. The normalized spacial score (nSPS) is 19.2. The predicted octanol–water partition coefficient (Wildman–Crippen LogP) is 2.91. The molecule has 3 N–H and O–H groups in total. The Labute approximate surface area is 115 Å². The number of nitrogens with one attached hydrogen (secondary N) is 1. The van der Waals surface area contributed by atoms with E-state index in [1.165, 1.54) is 11.1 Å². The molecular weight excluding hydrogens is 238 g/mol. The summed E-state index contributed by atoms with van der Waals surface area (Å²) in [6.45, 7) is 4.65. The average molecular weight is 263 g/mol. The Morgan fingerprint density at radius 1 is 1.32 bits per heavy atom. The number of aryl methyl sites for hydroxylation is 1. The van der Waals surface area contributed by atoms with Crippen LogP contribution >= 0.6 is 0 Å². The third kappa shape index (κ3) is 3.28. The second-order valence-corrected chi connectivity index (χ2v) is 5.64. The molecule has 106 valence electrons. The summed E-state index contributed by atoms with van der Waals surface area (Å²) in [7, 11) is 0. The first kappa shape index (κ1) is 14.4. The molecule has 0 spiro atoms. The van der Waals surface area contributed by atoms with Crippen molar-refractivity contribution in [2.45, 2.75) is 57.6 Å². The quantitative estimate of drug-likeness (QED) is 0.765. The molecule has 0 radical (unpaired) electrons. The summed E-state index contributed by atoms with van der Waals surface area (Å²) in [6.07, 6.45) is 4.83. The molecule has 2 rings (SSSR count). The molecule has 1 aliphatic carbocycles. The highest BCUT2D eigenvalue weighted by atomic mass is 16.3. The van der Waals surface area contributed by atoms with Gasteiger partial charge in [0.1, 0.15) is 5.75 Å². The van der Waals surface area contributed by atoms with Gasteiger partial charge in [0.05, 0.1) is 5.60 Å². The second-order valence-electron chi connectivity index (χ2n) is 5.64. The van der Waals surface area contributed by atoms with Crippen molar-refractivity contribution in [2.75, 3.05) is 6.54 Å². The number of rotatable bonds is 5. The summed E-state index contributed by atoms with van der Waals surface area (Å²) in [6, 6.07) is 5.89. The van der Waals surface area contributed by atoms with Crippen molar-refractivity contribution in [3.8, 4) is 5.75 Å². The Balaban J connectivity index is 2.09.